The van der Waals surface area contributed by atoms with Gasteiger partial charge in [0.1, 0.15) is 5.78 Å². The van der Waals surface area contributed by atoms with Gasteiger partial charge in [0.15, 0.2) is 5.82 Å². The van der Waals surface area contributed by atoms with E-state index in [1.165, 1.54) is 0 Å². The molecule has 1 aromatic carbocycles. The summed E-state index contributed by atoms with van der Waals surface area (Å²) in [7, 11) is 2.02. The first-order chi connectivity index (χ1) is 17.4. The fraction of sp³-hybridized carbons (Fsp3) is 0.367. The van der Waals surface area contributed by atoms with Gasteiger partial charge < -0.3 is 14.8 Å². The van der Waals surface area contributed by atoms with Gasteiger partial charge in [-0.15, -0.1) is 0 Å². The lowest BCUT2D eigenvalue weighted by Gasteiger charge is -2.28. The number of nitrogens with zero attached hydrogens (tertiary/aromatic N) is 4. The van der Waals surface area contributed by atoms with Gasteiger partial charge in [-0.05, 0) is 68.7 Å². The van der Waals surface area contributed by atoms with E-state index in [0.717, 1.165) is 53.5 Å². The number of carbonyl (C=O) groups excluding carboxylic acids is 1. The van der Waals surface area contributed by atoms with Crippen LogP contribution in [0, 0.1) is 17.2 Å². The first-order valence-electron chi connectivity index (χ1n) is 12.8. The highest BCUT2D eigenvalue weighted by molar-refractivity contribution is 6.16. The van der Waals surface area contributed by atoms with Crippen molar-refractivity contribution in [2.75, 3.05) is 0 Å². The number of carbonyl (C=O) groups is 1. The molecule has 6 heteroatoms. The third-order valence-electron chi connectivity index (χ3n) is 7.34. The standard InChI is InChI=1S/C30H33N5O/c1-19-13-26(16-32-19)27-17-33-30(24-6-4-5-23(15-24)25-11-12-35(3)18-25)34-29(27)28(31)22-9-7-21(8-10-22)14-20(2)36/h4-6,11-13,15-19,21-22,31H,7-10,14H2,1-3H3. The zero-order valence-corrected chi connectivity index (χ0v) is 21.2. The van der Waals surface area contributed by atoms with Crippen molar-refractivity contribution in [1.82, 2.24) is 14.5 Å². The summed E-state index contributed by atoms with van der Waals surface area (Å²) in [5.41, 5.74) is 6.33. The summed E-state index contributed by atoms with van der Waals surface area (Å²) in [5.74, 6) is 1.47. The lowest BCUT2D eigenvalue weighted by Crippen LogP contribution is -2.25. The van der Waals surface area contributed by atoms with Crippen LogP contribution >= 0.6 is 0 Å². The van der Waals surface area contributed by atoms with Crippen LogP contribution in [0.5, 0.6) is 0 Å². The molecule has 3 aromatic rings. The van der Waals surface area contributed by atoms with Crippen molar-refractivity contribution in [3.05, 3.63) is 66.3 Å². The molecule has 2 aromatic heterocycles. The average molecular weight is 480 g/mol. The maximum Gasteiger partial charge on any atom is 0.159 e. The van der Waals surface area contributed by atoms with Crippen LogP contribution in [0.25, 0.3) is 28.1 Å². The van der Waals surface area contributed by atoms with Gasteiger partial charge in [0.05, 0.1) is 17.4 Å². The van der Waals surface area contributed by atoms with Crippen molar-refractivity contribution in [2.24, 2.45) is 23.9 Å². The number of aryl methyl sites for hydroxylation is 1. The minimum absolute atomic E-state index is 0.117. The molecule has 1 atom stereocenters. The van der Waals surface area contributed by atoms with Gasteiger partial charge in [0.25, 0.3) is 0 Å². The Labute approximate surface area is 212 Å². The quantitative estimate of drug-likeness (QED) is 0.412. The molecule has 1 fully saturated rings. The van der Waals surface area contributed by atoms with Crippen LogP contribution < -0.4 is 0 Å². The third kappa shape index (κ3) is 5.13. The Morgan fingerprint density at radius 2 is 1.89 bits per heavy atom. The van der Waals surface area contributed by atoms with E-state index in [-0.39, 0.29) is 17.7 Å². The molecule has 1 N–H and O–H groups in total. The number of nitrogens with one attached hydrogen (secondary N) is 1. The Morgan fingerprint density at radius 1 is 1.11 bits per heavy atom. The Morgan fingerprint density at radius 3 is 2.56 bits per heavy atom. The van der Waals surface area contributed by atoms with E-state index in [2.05, 4.69) is 42.4 Å². The van der Waals surface area contributed by atoms with E-state index in [9.17, 15) is 10.2 Å². The molecule has 1 unspecified atom stereocenters. The summed E-state index contributed by atoms with van der Waals surface area (Å²) in [6.07, 6.45) is 14.4. The summed E-state index contributed by atoms with van der Waals surface area (Å²) in [6, 6.07) is 10.5. The van der Waals surface area contributed by atoms with Gasteiger partial charge in [-0.25, -0.2) is 9.97 Å². The first kappa shape index (κ1) is 24.0. The van der Waals surface area contributed by atoms with Crippen molar-refractivity contribution >= 4 is 23.3 Å². The highest BCUT2D eigenvalue weighted by Crippen LogP contribution is 2.35. The van der Waals surface area contributed by atoms with Gasteiger partial charge in [0, 0.05) is 60.9 Å². The molecule has 0 spiro atoms. The second-order valence-electron chi connectivity index (χ2n) is 10.3. The van der Waals surface area contributed by atoms with Crippen LogP contribution in [0.15, 0.2) is 60.0 Å². The topological polar surface area (TPSA) is 84.0 Å². The number of allylic oxidation sites excluding steroid dienone is 1. The molecule has 0 amide bonds. The SMILES string of the molecule is CC(=O)CC1CCC(C(=N)c2nc(-c3cccc(-c4ccn(C)c4)c3)ncc2C2=CC(C)N=C2)CC1. The van der Waals surface area contributed by atoms with Gasteiger partial charge in [-0.1, -0.05) is 24.3 Å². The van der Waals surface area contributed by atoms with Crippen molar-refractivity contribution in [3.8, 4) is 22.5 Å². The fourth-order valence-electron chi connectivity index (χ4n) is 5.41. The van der Waals surface area contributed by atoms with E-state index in [4.69, 9.17) is 9.97 Å². The van der Waals surface area contributed by atoms with Crippen molar-refractivity contribution in [3.63, 3.8) is 0 Å². The Bertz CT molecular complexity index is 1360. The molecule has 36 heavy (non-hydrogen) atoms. The van der Waals surface area contributed by atoms with Gasteiger partial charge in [0.2, 0.25) is 0 Å². The number of hydrogen-bond donors (Lipinski definition) is 1. The molecule has 0 saturated heterocycles. The number of aromatic nitrogens is 3. The molecule has 0 radical (unpaired) electrons. The molecular weight excluding hydrogens is 446 g/mol. The third-order valence-corrected chi connectivity index (χ3v) is 7.34. The lowest BCUT2D eigenvalue weighted by atomic mass is 9.77. The van der Waals surface area contributed by atoms with Gasteiger partial charge in [-0.3, -0.25) is 4.99 Å². The fourth-order valence-corrected chi connectivity index (χ4v) is 5.41. The molecular formula is C30H33N5O. The number of aliphatic imine (C=N–C) groups is 1. The summed E-state index contributed by atoms with van der Waals surface area (Å²) in [5, 5.41) is 9.19. The van der Waals surface area contributed by atoms with E-state index >= 15 is 0 Å². The molecule has 1 aliphatic heterocycles. The Balaban J connectivity index is 1.48. The van der Waals surface area contributed by atoms with E-state index in [0.29, 0.717) is 29.6 Å². The molecule has 1 saturated carbocycles. The zero-order valence-electron chi connectivity index (χ0n) is 21.2. The monoisotopic (exact) mass is 479 g/mol. The van der Waals surface area contributed by atoms with E-state index in [1.54, 1.807) is 6.92 Å². The zero-order chi connectivity index (χ0) is 25.2. The molecule has 2 aliphatic rings. The van der Waals surface area contributed by atoms with E-state index in [1.807, 2.05) is 42.4 Å². The Kier molecular flexibility index (Phi) is 6.77. The minimum Gasteiger partial charge on any atom is -0.357 e. The molecule has 5 rings (SSSR count). The highest BCUT2D eigenvalue weighted by Gasteiger charge is 2.28. The van der Waals surface area contributed by atoms with Crippen LogP contribution in [-0.2, 0) is 11.8 Å². The molecule has 1 aliphatic carbocycles. The van der Waals surface area contributed by atoms with Crippen molar-refractivity contribution in [2.45, 2.75) is 52.0 Å². The maximum absolute atomic E-state index is 11.6. The summed E-state index contributed by atoms with van der Waals surface area (Å²) < 4.78 is 2.04. The van der Waals surface area contributed by atoms with Crippen molar-refractivity contribution < 1.29 is 4.79 Å². The lowest BCUT2D eigenvalue weighted by molar-refractivity contribution is -0.118. The van der Waals surface area contributed by atoms with Crippen LogP contribution in [0.3, 0.4) is 0 Å². The number of benzene rings is 1. The molecule has 6 nitrogen and oxygen atoms in total. The van der Waals surface area contributed by atoms with Crippen LogP contribution in [0.4, 0.5) is 0 Å². The average Bonchev–Trinajstić information content (AvgIpc) is 3.51. The van der Waals surface area contributed by atoms with Crippen LogP contribution in [-0.4, -0.2) is 38.3 Å². The molecule has 0 bridgehead atoms. The first-order valence-corrected chi connectivity index (χ1v) is 12.8. The summed E-state index contributed by atoms with van der Waals surface area (Å²) in [4.78, 5) is 25.8. The molecule has 184 valence electrons. The van der Waals surface area contributed by atoms with E-state index < -0.39 is 0 Å². The van der Waals surface area contributed by atoms with Crippen LogP contribution in [0.1, 0.15) is 57.2 Å². The second kappa shape index (κ2) is 10.1. The Hall–Kier alpha value is -3.67. The highest BCUT2D eigenvalue weighted by atomic mass is 16.1. The number of rotatable bonds is 7. The van der Waals surface area contributed by atoms with Gasteiger partial charge >= 0.3 is 0 Å². The predicted molar refractivity (Wildman–Crippen MR) is 145 cm³/mol. The number of hydrogen-bond acceptors (Lipinski definition) is 5. The van der Waals surface area contributed by atoms with Gasteiger partial charge in [-0.2, -0.15) is 0 Å². The second-order valence-corrected chi connectivity index (χ2v) is 10.3. The predicted octanol–water partition coefficient (Wildman–Crippen LogP) is 6.16. The maximum atomic E-state index is 11.6. The molecule has 3 heterocycles. The summed E-state index contributed by atoms with van der Waals surface area (Å²) in [6.45, 7) is 3.72. The largest absolute Gasteiger partial charge is 0.357 e. The minimum atomic E-state index is 0.117. The van der Waals surface area contributed by atoms with Crippen LogP contribution in [0.2, 0.25) is 0 Å². The summed E-state index contributed by atoms with van der Waals surface area (Å²) >= 11 is 0. The normalized spacial score (nSPS) is 21.4. The smallest absolute Gasteiger partial charge is 0.159 e. The van der Waals surface area contributed by atoms with Crippen molar-refractivity contribution in [1.29, 1.82) is 5.41 Å². The number of Topliss-reactive ketones (excluding diaryl/α,β-unsaturated/α-hetero) is 1. The number of ketones is 1.